The second-order valence-corrected chi connectivity index (χ2v) is 5.62. The second kappa shape index (κ2) is 7.44. The van der Waals surface area contributed by atoms with Crippen LogP contribution in [0.5, 0.6) is 0 Å². The molecule has 2 nitrogen and oxygen atoms in total. The van der Waals surface area contributed by atoms with Crippen LogP contribution in [-0.4, -0.2) is 24.0 Å². The van der Waals surface area contributed by atoms with E-state index in [0.717, 1.165) is 38.0 Å². The highest BCUT2D eigenvalue weighted by molar-refractivity contribution is 6.31. The average Bonchev–Trinajstić information content (AvgIpc) is 2.34. The molecule has 1 saturated heterocycles. The van der Waals surface area contributed by atoms with Crippen LogP contribution in [0.1, 0.15) is 25.3 Å². The number of likely N-dealkylation sites (tertiary alicyclic amines) is 1. The van der Waals surface area contributed by atoms with E-state index in [2.05, 4.69) is 11.8 Å². The van der Waals surface area contributed by atoms with Gasteiger partial charge in [0.15, 0.2) is 0 Å². The zero-order valence-corrected chi connectivity index (χ0v) is 12.7. The van der Waals surface area contributed by atoms with Crippen molar-refractivity contribution in [2.24, 2.45) is 11.7 Å². The summed E-state index contributed by atoms with van der Waals surface area (Å²) in [6.07, 6.45) is 2.23. The molecule has 2 N–H and O–H groups in total. The van der Waals surface area contributed by atoms with Crippen LogP contribution >= 0.6 is 24.0 Å². The molecule has 0 aliphatic carbocycles. The zero-order valence-electron chi connectivity index (χ0n) is 11.1. The normalized spacial score (nSPS) is 18.9. The first-order valence-corrected chi connectivity index (χ1v) is 6.86. The van der Waals surface area contributed by atoms with Gasteiger partial charge >= 0.3 is 0 Å². The molecular formula is C14H21Cl2FN2. The SMILES string of the molecule is CC(N)C1CCN(Cc2cc(F)ccc2Cl)CC1.Cl. The van der Waals surface area contributed by atoms with Crippen molar-refractivity contribution in [1.82, 2.24) is 4.90 Å². The van der Waals surface area contributed by atoms with Crippen molar-refractivity contribution in [3.05, 3.63) is 34.6 Å². The summed E-state index contributed by atoms with van der Waals surface area (Å²) in [7, 11) is 0. The lowest BCUT2D eigenvalue weighted by Gasteiger charge is -2.33. The molecule has 5 heteroatoms. The number of nitrogens with two attached hydrogens (primary N) is 1. The summed E-state index contributed by atoms with van der Waals surface area (Å²) in [5.41, 5.74) is 6.79. The van der Waals surface area contributed by atoms with Crippen LogP contribution < -0.4 is 5.73 Å². The van der Waals surface area contributed by atoms with E-state index in [1.807, 2.05) is 0 Å². The molecule has 1 heterocycles. The maximum atomic E-state index is 13.2. The Morgan fingerprint density at radius 1 is 1.42 bits per heavy atom. The highest BCUT2D eigenvalue weighted by atomic mass is 35.5. The third kappa shape index (κ3) is 4.60. The van der Waals surface area contributed by atoms with E-state index in [-0.39, 0.29) is 24.3 Å². The topological polar surface area (TPSA) is 29.3 Å². The highest BCUT2D eigenvalue weighted by Gasteiger charge is 2.22. The Morgan fingerprint density at radius 3 is 2.63 bits per heavy atom. The first-order chi connectivity index (χ1) is 8.56. The van der Waals surface area contributed by atoms with Crippen LogP contribution in [0, 0.1) is 11.7 Å². The standard InChI is InChI=1S/C14H20ClFN2.ClH/c1-10(17)11-4-6-18(7-5-11)9-12-8-13(16)2-3-14(12)15;/h2-3,8,10-11H,4-7,9,17H2,1H3;1H. The molecule has 0 amide bonds. The monoisotopic (exact) mass is 306 g/mol. The number of halogens is 3. The minimum Gasteiger partial charge on any atom is -0.328 e. The lowest BCUT2D eigenvalue weighted by Crippen LogP contribution is -2.39. The minimum atomic E-state index is -0.222. The highest BCUT2D eigenvalue weighted by Crippen LogP contribution is 2.24. The van der Waals surface area contributed by atoms with Gasteiger partial charge in [0.1, 0.15) is 5.82 Å². The maximum absolute atomic E-state index is 13.2. The molecule has 1 aromatic carbocycles. The predicted octanol–water partition coefficient (Wildman–Crippen LogP) is 3.46. The second-order valence-electron chi connectivity index (χ2n) is 5.21. The number of nitrogens with zero attached hydrogens (tertiary/aromatic N) is 1. The van der Waals surface area contributed by atoms with E-state index >= 15 is 0 Å². The summed E-state index contributed by atoms with van der Waals surface area (Å²) >= 11 is 6.08. The number of hydrogen-bond acceptors (Lipinski definition) is 2. The lowest BCUT2D eigenvalue weighted by atomic mass is 9.91. The Labute approximate surface area is 125 Å². The van der Waals surface area contributed by atoms with Gasteiger partial charge in [-0.25, -0.2) is 4.39 Å². The molecule has 1 aliphatic rings. The van der Waals surface area contributed by atoms with E-state index in [4.69, 9.17) is 17.3 Å². The first kappa shape index (κ1) is 16.7. The molecule has 2 rings (SSSR count). The van der Waals surface area contributed by atoms with E-state index in [1.165, 1.54) is 12.1 Å². The molecule has 1 fully saturated rings. The van der Waals surface area contributed by atoms with Gasteiger partial charge in [-0.3, -0.25) is 4.90 Å². The van der Waals surface area contributed by atoms with Crippen LogP contribution in [0.25, 0.3) is 0 Å². The predicted molar refractivity (Wildman–Crippen MR) is 80.3 cm³/mol. The zero-order chi connectivity index (χ0) is 13.1. The average molecular weight is 307 g/mol. The quantitative estimate of drug-likeness (QED) is 0.926. The van der Waals surface area contributed by atoms with Crippen molar-refractivity contribution in [2.45, 2.75) is 32.4 Å². The molecule has 1 atom stereocenters. The van der Waals surface area contributed by atoms with Crippen LogP contribution in [0.3, 0.4) is 0 Å². The summed E-state index contributed by atoms with van der Waals surface area (Å²) in [5.74, 6) is 0.393. The first-order valence-electron chi connectivity index (χ1n) is 6.48. The number of hydrogen-bond donors (Lipinski definition) is 1. The molecule has 108 valence electrons. The molecule has 0 radical (unpaired) electrons. The van der Waals surface area contributed by atoms with E-state index < -0.39 is 0 Å². The van der Waals surface area contributed by atoms with Crippen LogP contribution in [-0.2, 0) is 6.54 Å². The Balaban J connectivity index is 0.00000180. The van der Waals surface area contributed by atoms with Crippen molar-refractivity contribution in [1.29, 1.82) is 0 Å². The van der Waals surface area contributed by atoms with Gasteiger partial charge in [0.2, 0.25) is 0 Å². The van der Waals surface area contributed by atoms with Gasteiger partial charge in [0, 0.05) is 17.6 Å². The minimum absolute atomic E-state index is 0. The fourth-order valence-corrected chi connectivity index (χ4v) is 2.72. The van der Waals surface area contributed by atoms with Gasteiger partial charge in [0.05, 0.1) is 0 Å². The van der Waals surface area contributed by atoms with Crippen LogP contribution in [0.4, 0.5) is 4.39 Å². The van der Waals surface area contributed by atoms with E-state index in [1.54, 1.807) is 6.07 Å². The van der Waals surface area contributed by atoms with Gasteiger partial charge in [-0.2, -0.15) is 0 Å². The largest absolute Gasteiger partial charge is 0.328 e. The molecule has 0 bridgehead atoms. The fourth-order valence-electron chi connectivity index (χ4n) is 2.54. The Morgan fingerprint density at radius 2 is 2.05 bits per heavy atom. The van der Waals surface area contributed by atoms with E-state index in [0.29, 0.717) is 10.9 Å². The van der Waals surface area contributed by atoms with Crippen LogP contribution in [0.2, 0.25) is 5.02 Å². The summed E-state index contributed by atoms with van der Waals surface area (Å²) in [6, 6.07) is 4.82. The molecular weight excluding hydrogens is 286 g/mol. The van der Waals surface area contributed by atoms with Gasteiger partial charge < -0.3 is 5.73 Å². The Kier molecular flexibility index (Phi) is 6.54. The van der Waals surface area contributed by atoms with Crippen molar-refractivity contribution >= 4 is 24.0 Å². The van der Waals surface area contributed by atoms with Gasteiger partial charge in [-0.1, -0.05) is 11.6 Å². The third-order valence-corrected chi connectivity index (χ3v) is 4.15. The molecule has 1 aliphatic heterocycles. The van der Waals surface area contributed by atoms with Crippen molar-refractivity contribution < 1.29 is 4.39 Å². The third-order valence-electron chi connectivity index (χ3n) is 3.78. The van der Waals surface area contributed by atoms with Gasteiger partial charge in [-0.05, 0) is 62.5 Å². The number of piperidine rings is 1. The van der Waals surface area contributed by atoms with E-state index in [9.17, 15) is 4.39 Å². The molecule has 0 spiro atoms. The van der Waals surface area contributed by atoms with Crippen molar-refractivity contribution in [2.75, 3.05) is 13.1 Å². The molecule has 1 unspecified atom stereocenters. The van der Waals surface area contributed by atoms with Crippen molar-refractivity contribution in [3.63, 3.8) is 0 Å². The molecule has 19 heavy (non-hydrogen) atoms. The molecule has 0 aromatic heterocycles. The summed E-state index contributed by atoms with van der Waals surface area (Å²) in [5, 5.41) is 0.644. The summed E-state index contributed by atoms with van der Waals surface area (Å²) in [4.78, 5) is 2.32. The van der Waals surface area contributed by atoms with Crippen molar-refractivity contribution in [3.8, 4) is 0 Å². The Hall–Kier alpha value is -0.350. The number of benzene rings is 1. The maximum Gasteiger partial charge on any atom is 0.123 e. The van der Waals surface area contributed by atoms with Gasteiger partial charge in [0.25, 0.3) is 0 Å². The summed E-state index contributed by atoms with van der Waals surface area (Å²) < 4.78 is 13.2. The van der Waals surface area contributed by atoms with Crippen LogP contribution in [0.15, 0.2) is 18.2 Å². The number of rotatable bonds is 3. The summed E-state index contributed by atoms with van der Waals surface area (Å²) in [6.45, 7) is 4.82. The fraction of sp³-hybridized carbons (Fsp3) is 0.571. The Bertz CT molecular complexity index is 404. The molecule has 1 aromatic rings. The molecule has 0 saturated carbocycles. The van der Waals surface area contributed by atoms with Gasteiger partial charge in [-0.15, -0.1) is 12.4 Å². The lowest BCUT2D eigenvalue weighted by molar-refractivity contribution is 0.165. The smallest absolute Gasteiger partial charge is 0.123 e.